The lowest BCUT2D eigenvalue weighted by atomic mass is 9.93. The van der Waals surface area contributed by atoms with Crippen LogP contribution in [0.3, 0.4) is 0 Å². The van der Waals surface area contributed by atoms with E-state index in [0.717, 1.165) is 17.4 Å². The Morgan fingerprint density at radius 2 is 1.96 bits per heavy atom. The number of nitrogens with zero attached hydrogens (tertiary/aromatic N) is 1. The maximum atomic E-state index is 12.8. The van der Waals surface area contributed by atoms with E-state index in [1.54, 1.807) is 18.2 Å². The van der Waals surface area contributed by atoms with Crippen LogP contribution >= 0.6 is 39.1 Å². The van der Waals surface area contributed by atoms with Crippen LogP contribution < -0.4 is 0 Å². The number of hydrogen-bond acceptors (Lipinski definition) is 1. The highest BCUT2D eigenvalue weighted by Gasteiger charge is 2.28. The van der Waals surface area contributed by atoms with Gasteiger partial charge in [-0.3, -0.25) is 4.79 Å². The normalized spacial score (nSPS) is 17.0. The van der Waals surface area contributed by atoms with Crippen molar-refractivity contribution in [2.75, 3.05) is 6.54 Å². The molecule has 0 saturated carbocycles. The Kier molecular flexibility index (Phi) is 5.00. The molecule has 0 bridgehead atoms. The van der Waals surface area contributed by atoms with Gasteiger partial charge in [0.25, 0.3) is 0 Å². The van der Waals surface area contributed by atoms with E-state index in [4.69, 9.17) is 23.2 Å². The summed E-state index contributed by atoms with van der Waals surface area (Å²) in [4.78, 5) is 14.7. The molecule has 0 spiro atoms. The Morgan fingerprint density at radius 3 is 2.65 bits per heavy atom. The predicted molar refractivity (Wildman–Crippen MR) is 98.1 cm³/mol. The molecule has 0 aliphatic carbocycles. The minimum Gasteiger partial charge on any atom is -0.335 e. The summed E-state index contributed by atoms with van der Waals surface area (Å²) in [7, 11) is 0. The number of rotatable bonds is 2. The number of carbonyl (C=O) groups excluding carboxylic acids is 1. The van der Waals surface area contributed by atoms with Crippen molar-refractivity contribution in [3.63, 3.8) is 0 Å². The lowest BCUT2D eigenvalue weighted by Gasteiger charge is -2.35. The van der Waals surface area contributed by atoms with Crippen molar-refractivity contribution >= 4 is 45.0 Å². The average Bonchev–Trinajstić information content (AvgIpc) is 2.52. The van der Waals surface area contributed by atoms with Crippen molar-refractivity contribution in [3.05, 3.63) is 67.6 Å². The molecule has 1 atom stereocenters. The first-order valence-electron chi connectivity index (χ1n) is 7.48. The molecule has 0 saturated heterocycles. The van der Waals surface area contributed by atoms with Crippen LogP contribution in [0, 0.1) is 0 Å². The molecule has 0 fully saturated rings. The van der Waals surface area contributed by atoms with Gasteiger partial charge in [-0.05, 0) is 54.3 Å². The summed E-state index contributed by atoms with van der Waals surface area (Å²) in [5, 5.41) is 1.08. The Morgan fingerprint density at radius 1 is 1.26 bits per heavy atom. The second kappa shape index (κ2) is 6.84. The molecule has 1 unspecified atom stereocenters. The standard InChI is InChI=1S/C18H16BrCl2NO/c1-11-14-9-13(19)6-5-12(14)7-8-22(11)18(23)10-15-16(20)3-2-4-17(15)21/h2-6,9,11H,7-8,10H2,1H3. The number of fused-ring (bicyclic) bond motifs is 1. The van der Waals surface area contributed by atoms with Gasteiger partial charge in [-0.15, -0.1) is 0 Å². The fraction of sp³-hybridized carbons (Fsp3) is 0.278. The van der Waals surface area contributed by atoms with Gasteiger partial charge in [-0.2, -0.15) is 0 Å². The van der Waals surface area contributed by atoms with Gasteiger partial charge in [0.1, 0.15) is 0 Å². The molecule has 1 heterocycles. The van der Waals surface area contributed by atoms with E-state index < -0.39 is 0 Å². The topological polar surface area (TPSA) is 20.3 Å². The van der Waals surface area contributed by atoms with Crippen molar-refractivity contribution in [2.24, 2.45) is 0 Å². The highest BCUT2D eigenvalue weighted by molar-refractivity contribution is 9.10. The van der Waals surface area contributed by atoms with Gasteiger partial charge in [-0.25, -0.2) is 0 Å². The van der Waals surface area contributed by atoms with Gasteiger partial charge in [-0.1, -0.05) is 51.3 Å². The molecule has 2 aromatic carbocycles. The predicted octanol–water partition coefficient (Wildman–Crippen LogP) is 5.44. The third-order valence-electron chi connectivity index (χ3n) is 4.36. The number of hydrogen-bond donors (Lipinski definition) is 0. The van der Waals surface area contributed by atoms with E-state index in [-0.39, 0.29) is 18.4 Å². The zero-order valence-electron chi connectivity index (χ0n) is 12.7. The second-order valence-electron chi connectivity index (χ2n) is 5.73. The van der Waals surface area contributed by atoms with Crippen LogP contribution in [0.4, 0.5) is 0 Å². The number of halogens is 3. The molecule has 0 radical (unpaired) electrons. The largest absolute Gasteiger partial charge is 0.335 e. The van der Waals surface area contributed by atoms with Crippen LogP contribution in [0.5, 0.6) is 0 Å². The van der Waals surface area contributed by atoms with E-state index in [9.17, 15) is 4.79 Å². The van der Waals surface area contributed by atoms with Crippen LogP contribution in [-0.4, -0.2) is 17.4 Å². The third kappa shape index (κ3) is 3.42. The van der Waals surface area contributed by atoms with E-state index >= 15 is 0 Å². The van der Waals surface area contributed by atoms with Crippen LogP contribution in [0.2, 0.25) is 10.0 Å². The number of benzene rings is 2. The summed E-state index contributed by atoms with van der Waals surface area (Å²) in [6, 6.07) is 11.6. The first-order valence-corrected chi connectivity index (χ1v) is 9.03. The summed E-state index contributed by atoms with van der Waals surface area (Å²) < 4.78 is 1.03. The first-order chi connectivity index (χ1) is 11.0. The quantitative estimate of drug-likeness (QED) is 0.642. The minimum atomic E-state index is 0.0463. The Balaban J connectivity index is 1.84. The summed E-state index contributed by atoms with van der Waals surface area (Å²) in [6.45, 7) is 2.78. The summed E-state index contributed by atoms with van der Waals surface area (Å²) >= 11 is 15.9. The van der Waals surface area contributed by atoms with Crippen molar-refractivity contribution in [3.8, 4) is 0 Å². The van der Waals surface area contributed by atoms with Gasteiger partial charge < -0.3 is 4.90 Å². The highest BCUT2D eigenvalue weighted by atomic mass is 79.9. The van der Waals surface area contributed by atoms with Gasteiger partial charge in [0.15, 0.2) is 0 Å². The second-order valence-corrected chi connectivity index (χ2v) is 7.46. The first kappa shape index (κ1) is 16.8. The molecule has 5 heteroatoms. The van der Waals surface area contributed by atoms with E-state index in [1.807, 2.05) is 11.0 Å². The Hall–Kier alpha value is -1.03. The van der Waals surface area contributed by atoms with Crippen LogP contribution in [0.25, 0.3) is 0 Å². The van der Waals surface area contributed by atoms with Crippen molar-refractivity contribution in [1.82, 2.24) is 4.90 Å². The molecule has 2 aromatic rings. The average molecular weight is 413 g/mol. The van der Waals surface area contributed by atoms with E-state index in [0.29, 0.717) is 15.6 Å². The molecule has 1 aliphatic rings. The maximum Gasteiger partial charge on any atom is 0.227 e. The van der Waals surface area contributed by atoms with Gasteiger partial charge in [0.05, 0.1) is 12.5 Å². The molecule has 3 rings (SSSR count). The zero-order valence-corrected chi connectivity index (χ0v) is 15.7. The molecule has 0 aromatic heterocycles. The lowest BCUT2D eigenvalue weighted by molar-refractivity contribution is -0.133. The van der Waals surface area contributed by atoms with Crippen LogP contribution in [0.1, 0.15) is 29.7 Å². The van der Waals surface area contributed by atoms with Crippen molar-refractivity contribution in [2.45, 2.75) is 25.8 Å². The smallest absolute Gasteiger partial charge is 0.227 e. The molecule has 1 amide bonds. The molecule has 2 nitrogen and oxygen atoms in total. The SMILES string of the molecule is CC1c2cc(Br)ccc2CCN1C(=O)Cc1c(Cl)cccc1Cl. The van der Waals surface area contributed by atoms with E-state index in [2.05, 4.69) is 35.0 Å². The summed E-state index contributed by atoms with van der Waals surface area (Å²) in [5.74, 6) is 0.0538. The van der Waals surface area contributed by atoms with Gasteiger partial charge in [0, 0.05) is 21.1 Å². The summed E-state index contributed by atoms with van der Waals surface area (Å²) in [5.41, 5.74) is 3.21. The Labute approximate surface area is 154 Å². The summed E-state index contributed by atoms with van der Waals surface area (Å²) in [6.07, 6.45) is 1.10. The van der Waals surface area contributed by atoms with Crippen molar-refractivity contribution in [1.29, 1.82) is 0 Å². The molecule has 120 valence electrons. The van der Waals surface area contributed by atoms with Crippen molar-refractivity contribution < 1.29 is 4.79 Å². The maximum absolute atomic E-state index is 12.8. The minimum absolute atomic E-state index is 0.0463. The highest BCUT2D eigenvalue weighted by Crippen LogP contribution is 2.33. The number of carbonyl (C=O) groups is 1. The molecule has 1 aliphatic heterocycles. The molecular weight excluding hydrogens is 397 g/mol. The lowest BCUT2D eigenvalue weighted by Crippen LogP contribution is -2.39. The molecule has 0 N–H and O–H groups in total. The van der Waals surface area contributed by atoms with Gasteiger partial charge in [0.2, 0.25) is 5.91 Å². The van der Waals surface area contributed by atoms with Crippen LogP contribution in [-0.2, 0) is 17.6 Å². The monoisotopic (exact) mass is 411 g/mol. The Bertz CT molecular complexity index is 742. The fourth-order valence-electron chi connectivity index (χ4n) is 3.08. The molecule has 23 heavy (non-hydrogen) atoms. The third-order valence-corrected chi connectivity index (χ3v) is 5.56. The van der Waals surface area contributed by atoms with Crippen LogP contribution in [0.15, 0.2) is 40.9 Å². The zero-order chi connectivity index (χ0) is 16.6. The van der Waals surface area contributed by atoms with Gasteiger partial charge >= 0.3 is 0 Å². The van der Waals surface area contributed by atoms with E-state index in [1.165, 1.54) is 11.1 Å². The number of amides is 1. The fourth-order valence-corrected chi connectivity index (χ4v) is 3.99. The molecular formula is C18H16BrCl2NO.